The third kappa shape index (κ3) is 4.05. The molecule has 2 rings (SSSR count). The standard InChI is InChI=1S/C17H26N2O2/c1-4-5-11-21-12-10-19-16(18-14(3)17(19)20)15-8-6-13(2)7-9-15/h6-9,14,16,18H,4-5,10-12H2,1-3H3. The van der Waals surface area contributed by atoms with E-state index in [0.29, 0.717) is 13.2 Å². The molecule has 4 heteroatoms. The lowest BCUT2D eigenvalue weighted by atomic mass is 10.1. The molecule has 0 bridgehead atoms. The molecule has 1 saturated heterocycles. The molecule has 1 fully saturated rings. The fourth-order valence-corrected chi connectivity index (χ4v) is 2.55. The number of benzene rings is 1. The lowest BCUT2D eigenvalue weighted by Crippen LogP contribution is -2.33. The van der Waals surface area contributed by atoms with E-state index in [1.165, 1.54) is 5.56 Å². The summed E-state index contributed by atoms with van der Waals surface area (Å²) in [7, 11) is 0. The van der Waals surface area contributed by atoms with Gasteiger partial charge in [-0.15, -0.1) is 0 Å². The van der Waals surface area contributed by atoms with Crippen LogP contribution in [0, 0.1) is 6.92 Å². The van der Waals surface area contributed by atoms with Gasteiger partial charge in [0, 0.05) is 13.2 Å². The van der Waals surface area contributed by atoms with Crippen molar-refractivity contribution in [3.05, 3.63) is 35.4 Å². The molecule has 1 aliphatic heterocycles. The molecule has 0 aromatic heterocycles. The van der Waals surface area contributed by atoms with Crippen molar-refractivity contribution in [2.45, 2.75) is 45.8 Å². The molecular weight excluding hydrogens is 264 g/mol. The van der Waals surface area contributed by atoms with Gasteiger partial charge in [0.05, 0.1) is 12.6 Å². The van der Waals surface area contributed by atoms with Gasteiger partial charge in [-0.1, -0.05) is 43.2 Å². The summed E-state index contributed by atoms with van der Waals surface area (Å²) in [6, 6.07) is 8.21. The Hall–Kier alpha value is -1.39. The van der Waals surface area contributed by atoms with Crippen LogP contribution in [0.3, 0.4) is 0 Å². The van der Waals surface area contributed by atoms with Crippen LogP contribution in [0.4, 0.5) is 0 Å². The average molecular weight is 290 g/mol. The Morgan fingerprint density at radius 3 is 2.62 bits per heavy atom. The number of aryl methyl sites for hydroxylation is 1. The zero-order chi connectivity index (χ0) is 15.2. The zero-order valence-corrected chi connectivity index (χ0v) is 13.3. The highest BCUT2D eigenvalue weighted by Gasteiger charge is 2.36. The van der Waals surface area contributed by atoms with Gasteiger partial charge in [-0.3, -0.25) is 10.1 Å². The second kappa shape index (κ2) is 7.57. The van der Waals surface area contributed by atoms with E-state index < -0.39 is 0 Å². The van der Waals surface area contributed by atoms with Gasteiger partial charge in [-0.05, 0) is 25.8 Å². The van der Waals surface area contributed by atoms with Crippen LogP contribution < -0.4 is 5.32 Å². The third-order valence-corrected chi connectivity index (χ3v) is 3.88. The van der Waals surface area contributed by atoms with Crippen LogP contribution in [0.1, 0.15) is 44.0 Å². The number of hydrogen-bond acceptors (Lipinski definition) is 3. The number of nitrogens with zero attached hydrogens (tertiary/aromatic N) is 1. The molecule has 116 valence electrons. The summed E-state index contributed by atoms with van der Waals surface area (Å²) in [5.74, 6) is 0.152. The van der Waals surface area contributed by atoms with Crippen molar-refractivity contribution in [2.24, 2.45) is 0 Å². The first kappa shape index (κ1) is 16.0. The number of carbonyl (C=O) groups is 1. The van der Waals surface area contributed by atoms with Gasteiger partial charge in [0.25, 0.3) is 0 Å². The highest BCUT2D eigenvalue weighted by molar-refractivity contribution is 5.84. The molecule has 2 atom stereocenters. The molecule has 21 heavy (non-hydrogen) atoms. The van der Waals surface area contributed by atoms with Gasteiger partial charge < -0.3 is 9.64 Å². The molecular formula is C17H26N2O2. The fraction of sp³-hybridized carbons (Fsp3) is 0.588. The van der Waals surface area contributed by atoms with Crippen LogP contribution >= 0.6 is 0 Å². The summed E-state index contributed by atoms with van der Waals surface area (Å²) < 4.78 is 5.60. The molecule has 0 aliphatic carbocycles. The second-order valence-electron chi connectivity index (χ2n) is 5.70. The lowest BCUT2D eigenvalue weighted by molar-refractivity contribution is -0.130. The summed E-state index contributed by atoms with van der Waals surface area (Å²) in [5, 5.41) is 3.36. The minimum atomic E-state index is -0.132. The second-order valence-corrected chi connectivity index (χ2v) is 5.70. The van der Waals surface area contributed by atoms with E-state index in [4.69, 9.17) is 4.74 Å². The van der Waals surface area contributed by atoms with Crippen molar-refractivity contribution in [3.63, 3.8) is 0 Å². The molecule has 0 spiro atoms. The van der Waals surface area contributed by atoms with Crippen LogP contribution in [0.15, 0.2) is 24.3 Å². The van der Waals surface area contributed by atoms with Gasteiger partial charge in [0.2, 0.25) is 5.91 Å². The molecule has 2 unspecified atom stereocenters. The van der Waals surface area contributed by atoms with Gasteiger partial charge >= 0.3 is 0 Å². The van der Waals surface area contributed by atoms with Gasteiger partial charge in [0.15, 0.2) is 0 Å². The maximum Gasteiger partial charge on any atom is 0.241 e. The number of hydrogen-bond donors (Lipinski definition) is 1. The molecule has 4 nitrogen and oxygen atoms in total. The Morgan fingerprint density at radius 2 is 1.95 bits per heavy atom. The van der Waals surface area contributed by atoms with E-state index in [1.807, 2.05) is 11.8 Å². The molecule has 0 saturated carbocycles. The summed E-state index contributed by atoms with van der Waals surface area (Å²) in [6.45, 7) is 8.14. The summed E-state index contributed by atoms with van der Waals surface area (Å²) in [4.78, 5) is 14.2. The summed E-state index contributed by atoms with van der Waals surface area (Å²) in [6.07, 6.45) is 2.17. The number of carbonyl (C=O) groups excluding carboxylic acids is 1. The first-order valence-electron chi connectivity index (χ1n) is 7.84. The van der Waals surface area contributed by atoms with E-state index in [-0.39, 0.29) is 18.1 Å². The normalized spacial score (nSPS) is 22.0. The number of unbranched alkanes of at least 4 members (excludes halogenated alkanes) is 1. The Kier molecular flexibility index (Phi) is 5.76. The van der Waals surface area contributed by atoms with Crippen molar-refractivity contribution >= 4 is 5.91 Å². The van der Waals surface area contributed by atoms with Crippen molar-refractivity contribution in [1.29, 1.82) is 0 Å². The Morgan fingerprint density at radius 1 is 1.24 bits per heavy atom. The molecule has 1 aromatic carbocycles. The maximum absolute atomic E-state index is 12.3. The Bertz CT molecular complexity index is 458. The number of nitrogens with one attached hydrogen (secondary N) is 1. The number of rotatable bonds is 7. The highest BCUT2D eigenvalue weighted by atomic mass is 16.5. The van der Waals surface area contributed by atoms with Crippen molar-refractivity contribution in [1.82, 2.24) is 10.2 Å². The van der Waals surface area contributed by atoms with Gasteiger partial charge in [-0.2, -0.15) is 0 Å². The number of amides is 1. The summed E-state index contributed by atoms with van der Waals surface area (Å²) >= 11 is 0. The van der Waals surface area contributed by atoms with Crippen LogP contribution in [-0.2, 0) is 9.53 Å². The maximum atomic E-state index is 12.3. The van der Waals surface area contributed by atoms with Crippen molar-refractivity contribution in [2.75, 3.05) is 19.8 Å². The van der Waals surface area contributed by atoms with Gasteiger partial charge in [0.1, 0.15) is 6.17 Å². The van der Waals surface area contributed by atoms with E-state index in [2.05, 4.69) is 43.4 Å². The predicted octanol–water partition coefficient (Wildman–Crippen LogP) is 2.63. The fourth-order valence-electron chi connectivity index (χ4n) is 2.55. The van der Waals surface area contributed by atoms with Crippen molar-refractivity contribution < 1.29 is 9.53 Å². The third-order valence-electron chi connectivity index (χ3n) is 3.88. The summed E-state index contributed by atoms with van der Waals surface area (Å²) in [5.41, 5.74) is 2.36. The first-order valence-corrected chi connectivity index (χ1v) is 7.84. The molecule has 0 radical (unpaired) electrons. The quantitative estimate of drug-likeness (QED) is 0.785. The average Bonchev–Trinajstić information content (AvgIpc) is 2.76. The van der Waals surface area contributed by atoms with Crippen LogP contribution in [0.2, 0.25) is 0 Å². The largest absolute Gasteiger partial charge is 0.380 e. The Labute approximate surface area is 127 Å². The van der Waals surface area contributed by atoms with E-state index in [0.717, 1.165) is 25.0 Å². The Balaban J connectivity index is 1.98. The van der Waals surface area contributed by atoms with Crippen LogP contribution in [-0.4, -0.2) is 36.6 Å². The molecule has 1 N–H and O–H groups in total. The molecule has 1 aromatic rings. The monoisotopic (exact) mass is 290 g/mol. The lowest BCUT2D eigenvalue weighted by Gasteiger charge is -2.24. The molecule has 1 heterocycles. The predicted molar refractivity (Wildman–Crippen MR) is 84.0 cm³/mol. The molecule has 1 aliphatic rings. The minimum Gasteiger partial charge on any atom is -0.380 e. The SMILES string of the molecule is CCCCOCCN1C(=O)C(C)NC1c1ccc(C)cc1. The minimum absolute atomic E-state index is 0.0390. The highest BCUT2D eigenvalue weighted by Crippen LogP contribution is 2.25. The van der Waals surface area contributed by atoms with Crippen LogP contribution in [0.25, 0.3) is 0 Å². The molecule has 1 amide bonds. The topological polar surface area (TPSA) is 41.6 Å². The zero-order valence-electron chi connectivity index (χ0n) is 13.3. The van der Waals surface area contributed by atoms with Crippen LogP contribution in [0.5, 0.6) is 0 Å². The van der Waals surface area contributed by atoms with E-state index in [9.17, 15) is 4.79 Å². The smallest absolute Gasteiger partial charge is 0.241 e. The van der Waals surface area contributed by atoms with E-state index in [1.54, 1.807) is 0 Å². The van der Waals surface area contributed by atoms with Gasteiger partial charge in [-0.25, -0.2) is 0 Å². The van der Waals surface area contributed by atoms with Crippen molar-refractivity contribution in [3.8, 4) is 0 Å². The first-order chi connectivity index (χ1) is 10.1. The van der Waals surface area contributed by atoms with E-state index >= 15 is 0 Å². The number of ether oxygens (including phenoxy) is 1.